The van der Waals surface area contributed by atoms with Gasteiger partial charge in [-0.2, -0.15) is 0 Å². The maximum atomic E-state index is 9.56. The molecule has 0 spiro atoms. The van der Waals surface area contributed by atoms with Crippen LogP contribution in [0, 0.1) is 11.8 Å². The van der Waals surface area contributed by atoms with Crippen LogP contribution >= 0.6 is 0 Å². The van der Waals surface area contributed by atoms with E-state index in [4.69, 9.17) is 0 Å². The predicted molar refractivity (Wildman–Crippen MR) is 52.0 cm³/mol. The highest BCUT2D eigenvalue weighted by atomic mass is 16.3. The van der Waals surface area contributed by atoms with Gasteiger partial charge in [-0.3, -0.25) is 0 Å². The van der Waals surface area contributed by atoms with Crippen LogP contribution in [-0.2, 0) is 0 Å². The molecule has 0 aromatic heterocycles. The van der Waals surface area contributed by atoms with Gasteiger partial charge in [0.25, 0.3) is 0 Å². The zero-order valence-corrected chi connectivity index (χ0v) is 8.42. The predicted octanol–water partition coefficient (Wildman–Crippen LogP) is 2.97. The van der Waals surface area contributed by atoms with Crippen LogP contribution in [0.1, 0.15) is 52.4 Å². The van der Waals surface area contributed by atoms with Gasteiger partial charge in [-0.15, -0.1) is 0 Å². The molecule has 72 valence electrons. The second-order valence-corrected chi connectivity index (χ2v) is 4.21. The summed E-state index contributed by atoms with van der Waals surface area (Å²) in [5, 5.41) is 9.56. The van der Waals surface area contributed by atoms with Crippen LogP contribution in [0.4, 0.5) is 0 Å². The highest BCUT2D eigenvalue weighted by Gasteiger charge is 2.25. The molecule has 1 aliphatic carbocycles. The van der Waals surface area contributed by atoms with Crippen LogP contribution in [0.5, 0.6) is 0 Å². The first-order chi connectivity index (χ1) is 5.75. The first kappa shape index (κ1) is 10.0. The smallest absolute Gasteiger partial charge is 0.0542 e. The fraction of sp³-hybridized carbons (Fsp3) is 1.00. The van der Waals surface area contributed by atoms with Crippen molar-refractivity contribution in [3.05, 3.63) is 0 Å². The Morgan fingerprint density at radius 1 is 1.25 bits per heavy atom. The fourth-order valence-electron chi connectivity index (χ4n) is 2.63. The molecule has 0 saturated heterocycles. The monoisotopic (exact) mass is 170 g/mol. The van der Waals surface area contributed by atoms with Crippen molar-refractivity contribution < 1.29 is 5.11 Å². The molecule has 1 fully saturated rings. The summed E-state index contributed by atoms with van der Waals surface area (Å²) in [6, 6.07) is 0. The van der Waals surface area contributed by atoms with E-state index in [1.54, 1.807) is 0 Å². The van der Waals surface area contributed by atoms with Crippen LogP contribution in [-0.4, -0.2) is 11.2 Å². The number of hydrogen-bond acceptors (Lipinski definition) is 1. The molecular weight excluding hydrogens is 148 g/mol. The average Bonchev–Trinajstić information content (AvgIpc) is 2.07. The third-order valence-corrected chi connectivity index (χ3v) is 3.35. The first-order valence-corrected chi connectivity index (χ1v) is 5.43. The molecular formula is C11H22O. The molecule has 1 heteroatoms. The van der Waals surface area contributed by atoms with E-state index in [0.717, 1.165) is 12.3 Å². The highest BCUT2D eigenvalue weighted by molar-refractivity contribution is 4.76. The standard InChI is InChI=1S/C11H22O/c1-3-11(9(2)12)10-7-5-4-6-8-10/h9-12H,3-8H2,1-2H3. The summed E-state index contributed by atoms with van der Waals surface area (Å²) in [7, 11) is 0. The maximum absolute atomic E-state index is 9.56. The number of aliphatic hydroxyl groups is 1. The van der Waals surface area contributed by atoms with E-state index in [9.17, 15) is 5.11 Å². The SMILES string of the molecule is CCC(C(C)O)C1CCCCC1. The van der Waals surface area contributed by atoms with Crippen molar-refractivity contribution in [3.8, 4) is 0 Å². The van der Waals surface area contributed by atoms with Crippen LogP contribution in [0.25, 0.3) is 0 Å². The Labute approximate surface area is 76.2 Å². The Morgan fingerprint density at radius 2 is 1.83 bits per heavy atom. The lowest BCUT2D eigenvalue weighted by molar-refractivity contribution is 0.0697. The lowest BCUT2D eigenvalue weighted by atomic mass is 9.77. The lowest BCUT2D eigenvalue weighted by Gasteiger charge is -2.31. The summed E-state index contributed by atoms with van der Waals surface area (Å²) in [6.45, 7) is 4.15. The van der Waals surface area contributed by atoms with Crippen LogP contribution in [0.2, 0.25) is 0 Å². The zero-order chi connectivity index (χ0) is 8.97. The Bertz CT molecular complexity index is 114. The molecule has 1 nitrogen and oxygen atoms in total. The third-order valence-electron chi connectivity index (χ3n) is 3.35. The van der Waals surface area contributed by atoms with E-state index in [1.807, 2.05) is 6.92 Å². The molecule has 0 amide bonds. The van der Waals surface area contributed by atoms with Crippen molar-refractivity contribution in [2.75, 3.05) is 0 Å². The van der Waals surface area contributed by atoms with E-state index < -0.39 is 0 Å². The van der Waals surface area contributed by atoms with Gasteiger partial charge in [-0.25, -0.2) is 0 Å². The second kappa shape index (κ2) is 4.86. The van der Waals surface area contributed by atoms with E-state index in [0.29, 0.717) is 5.92 Å². The van der Waals surface area contributed by atoms with Gasteiger partial charge in [0.2, 0.25) is 0 Å². The Hall–Kier alpha value is -0.0400. The normalized spacial score (nSPS) is 25.2. The summed E-state index contributed by atoms with van der Waals surface area (Å²) < 4.78 is 0. The molecule has 0 aliphatic heterocycles. The third kappa shape index (κ3) is 2.48. The minimum atomic E-state index is -0.0990. The summed E-state index contributed by atoms with van der Waals surface area (Å²) in [6.07, 6.45) is 7.92. The molecule has 0 aromatic carbocycles. The number of rotatable bonds is 3. The molecule has 0 aromatic rings. The molecule has 12 heavy (non-hydrogen) atoms. The summed E-state index contributed by atoms with van der Waals surface area (Å²) >= 11 is 0. The minimum Gasteiger partial charge on any atom is -0.393 e. The molecule has 1 saturated carbocycles. The Kier molecular flexibility index (Phi) is 4.07. The van der Waals surface area contributed by atoms with Gasteiger partial charge in [0.1, 0.15) is 0 Å². The first-order valence-electron chi connectivity index (χ1n) is 5.43. The molecule has 0 radical (unpaired) electrons. The summed E-state index contributed by atoms with van der Waals surface area (Å²) in [4.78, 5) is 0. The quantitative estimate of drug-likeness (QED) is 0.690. The Morgan fingerprint density at radius 3 is 2.25 bits per heavy atom. The van der Waals surface area contributed by atoms with Crippen molar-refractivity contribution in [2.45, 2.75) is 58.5 Å². The minimum absolute atomic E-state index is 0.0990. The van der Waals surface area contributed by atoms with Crippen LogP contribution in [0.15, 0.2) is 0 Å². The topological polar surface area (TPSA) is 20.2 Å². The zero-order valence-electron chi connectivity index (χ0n) is 8.42. The van der Waals surface area contributed by atoms with Gasteiger partial charge in [0.05, 0.1) is 6.10 Å². The number of aliphatic hydroxyl groups excluding tert-OH is 1. The summed E-state index contributed by atoms with van der Waals surface area (Å²) in [5.74, 6) is 1.37. The van der Waals surface area contributed by atoms with E-state index in [1.165, 1.54) is 32.1 Å². The van der Waals surface area contributed by atoms with Crippen molar-refractivity contribution in [2.24, 2.45) is 11.8 Å². The van der Waals surface area contributed by atoms with Crippen molar-refractivity contribution >= 4 is 0 Å². The lowest BCUT2D eigenvalue weighted by Crippen LogP contribution is -2.26. The Balaban J connectivity index is 2.40. The van der Waals surface area contributed by atoms with Crippen LogP contribution < -0.4 is 0 Å². The summed E-state index contributed by atoms with van der Waals surface area (Å²) in [5.41, 5.74) is 0. The van der Waals surface area contributed by atoms with Crippen LogP contribution in [0.3, 0.4) is 0 Å². The average molecular weight is 170 g/mol. The van der Waals surface area contributed by atoms with Gasteiger partial charge >= 0.3 is 0 Å². The molecule has 0 bridgehead atoms. The molecule has 1 rings (SSSR count). The van der Waals surface area contributed by atoms with E-state index in [-0.39, 0.29) is 6.10 Å². The van der Waals surface area contributed by atoms with Crippen molar-refractivity contribution in [1.82, 2.24) is 0 Å². The highest BCUT2D eigenvalue weighted by Crippen LogP contribution is 2.33. The fourth-order valence-corrected chi connectivity index (χ4v) is 2.63. The largest absolute Gasteiger partial charge is 0.393 e. The molecule has 1 aliphatic rings. The van der Waals surface area contributed by atoms with Crippen molar-refractivity contribution in [1.29, 1.82) is 0 Å². The van der Waals surface area contributed by atoms with Gasteiger partial charge < -0.3 is 5.11 Å². The second-order valence-electron chi connectivity index (χ2n) is 4.21. The van der Waals surface area contributed by atoms with Gasteiger partial charge in [-0.1, -0.05) is 45.4 Å². The molecule has 1 N–H and O–H groups in total. The molecule has 2 atom stereocenters. The van der Waals surface area contributed by atoms with Gasteiger partial charge in [0, 0.05) is 0 Å². The molecule has 2 unspecified atom stereocenters. The van der Waals surface area contributed by atoms with Gasteiger partial charge in [0.15, 0.2) is 0 Å². The maximum Gasteiger partial charge on any atom is 0.0542 e. The molecule has 0 heterocycles. The van der Waals surface area contributed by atoms with Gasteiger partial charge in [-0.05, 0) is 18.8 Å². The van der Waals surface area contributed by atoms with E-state index >= 15 is 0 Å². The van der Waals surface area contributed by atoms with Crippen molar-refractivity contribution in [3.63, 3.8) is 0 Å². The number of hydrogen-bond donors (Lipinski definition) is 1. The van der Waals surface area contributed by atoms with E-state index in [2.05, 4.69) is 6.92 Å².